The molecule has 1 N–H and O–H groups in total. The highest BCUT2D eigenvalue weighted by atomic mass is 16.5. The summed E-state index contributed by atoms with van der Waals surface area (Å²) in [5.41, 5.74) is 2.53. The fourth-order valence-electron chi connectivity index (χ4n) is 2.45. The zero-order valence-electron chi connectivity index (χ0n) is 13.7. The number of nitrogens with one attached hydrogen (secondary N) is 1. The van der Waals surface area contributed by atoms with Crippen LogP contribution in [0.2, 0.25) is 0 Å². The van der Waals surface area contributed by atoms with Crippen LogP contribution in [-0.4, -0.2) is 6.61 Å². The topological polar surface area (TPSA) is 21.3 Å². The molecule has 118 valence electrons. The van der Waals surface area contributed by atoms with E-state index in [4.69, 9.17) is 4.74 Å². The van der Waals surface area contributed by atoms with Gasteiger partial charge in [-0.2, -0.15) is 0 Å². The van der Waals surface area contributed by atoms with Crippen molar-refractivity contribution < 1.29 is 4.74 Å². The minimum Gasteiger partial charge on any atom is -0.493 e. The second-order valence-corrected chi connectivity index (χ2v) is 5.68. The Morgan fingerprint density at radius 1 is 0.955 bits per heavy atom. The molecule has 0 aliphatic heterocycles. The van der Waals surface area contributed by atoms with E-state index in [-0.39, 0.29) is 0 Å². The molecule has 0 aliphatic carbocycles. The normalized spacial score (nSPS) is 12.1. The molecule has 22 heavy (non-hydrogen) atoms. The molecule has 2 rings (SSSR count). The number of hydrogen-bond donors (Lipinski definition) is 1. The van der Waals surface area contributed by atoms with Crippen LogP contribution >= 0.6 is 0 Å². The molecule has 2 aromatic carbocycles. The molecule has 0 saturated carbocycles. The SMILES string of the molecule is CCCCCOc1ccccc1CNC(C)c1ccccc1. The fourth-order valence-corrected chi connectivity index (χ4v) is 2.45. The van der Waals surface area contributed by atoms with Crippen molar-refractivity contribution in [3.05, 3.63) is 65.7 Å². The number of hydrogen-bond acceptors (Lipinski definition) is 2. The summed E-state index contributed by atoms with van der Waals surface area (Å²) in [5.74, 6) is 1.01. The van der Waals surface area contributed by atoms with E-state index >= 15 is 0 Å². The molecule has 0 aromatic heterocycles. The Kier molecular flexibility index (Phi) is 6.98. The first-order valence-corrected chi connectivity index (χ1v) is 8.30. The lowest BCUT2D eigenvalue weighted by molar-refractivity contribution is 0.302. The van der Waals surface area contributed by atoms with E-state index in [0.717, 1.165) is 25.3 Å². The molecular weight excluding hydrogens is 270 g/mol. The van der Waals surface area contributed by atoms with Crippen molar-refractivity contribution in [2.24, 2.45) is 0 Å². The van der Waals surface area contributed by atoms with Crippen LogP contribution in [0.3, 0.4) is 0 Å². The van der Waals surface area contributed by atoms with Crippen LogP contribution < -0.4 is 10.1 Å². The molecule has 1 atom stereocenters. The minimum atomic E-state index is 0.328. The molecule has 2 nitrogen and oxygen atoms in total. The molecule has 0 fully saturated rings. The molecule has 2 heteroatoms. The number of ether oxygens (including phenoxy) is 1. The van der Waals surface area contributed by atoms with E-state index in [2.05, 4.69) is 67.7 Å². The lowest BCUT2D eigenvalue weighted by Crippen LogP contribution is -2.18. The van der Waals surface area contributed by atoms with Crippen molar-refractivity contribution in [1.82, 2.24) is 5.32 Å². The summed E-state index contributed by atoms with van der Waals surface area (Å²) in [6.07, 6.45) is 3.57. The van der Waals surface area contributed by atoms with Crippen molar-refractivity contribution in [3.8, 4) is 5.75 Å². The van der Waals surface area contributed by atoms with Crippen LogP contribution in [0.5, 0.6) is 5.75 Å². The molecule has 2 aromatic rings. The van der Waals surface area contributed by atoms with E-state index in [1.165, 1.54) is 24.0 Å². The van der Waals surface area contributed by atoms with E-state index in [0.29, 0.717) is 6.04 Å². The first-order chi connectivity index (χ1) is 10.8. The van der Waals surface area contributed by atoms with Gasteiger partial charge < -0.3 is 10.1 Å². The van der Waals surface area contributed by atoms with Crippen molar-refractivity contribution in [1.29, 1.82) is 0 Å². The number of benzene rings is 2. The van der Waals surface area contributed by atoms with Crippen LogP contribution in [0, 0.1) is 0 Å². The molecular formula is C20H27NO. The fraction of sp³-hybridized carbons (Fsp3) is 0.400. The van der Waals surface area contributed by atoms with Crippen molar-refractivity contribution in [2.75, 3.05) is 6.61 Å². The molecule has 0 saturated heterocycles. The zero-order valence-corrected chi connectivity index (χ0v) is 13.7. The van der Waals surface area contributed by atoms with Gasteiger partial charge in [-0.15, -0.1) is 0 Å². The number of unbranched alkanes of at least 4 members (excludes halogenated alkanes) is 2. The van der Waals surface area contributed by atoms with Gasteiger partial charge in [0, 0.05) is 18.2 Å². The van der Waals surface area contributed by atoms with Crippen LogP contribution in [-0.2, 0) is 6.54 Å². The van der Waals surface area contributed by atoms with Gasteiger partial charge in [0.1, 0.15) is 5.75 Å². The van der Waals surface area contributed by atoms with E-state index < -0.39 is 0 Å². The highest BCUT2D eigenvalue weighted by Gasteiger charge is 2.07. The second kappa shape index (κ2) is 9.26. The Hall–Kier alpha value is -1.80. The summed E-state index contributed by atoms with van der Waals surface area (Å²) in [4.78, 5) is 0. The predicted octanol–water partition coefficient (Wildman–Crippen LogP) is 5.11. The Bertz CT molecular complexity index is 538. The van der Waals surface area contributed by atoms with Crippen molar-refractivity contribution >= 4 is 0 Å². The largest absolute Gasteiger partial charge is 0.493 e. The average molecular weight is 297 g/mol. The quantitative estimate of drug-likeness (QED) is 0.650. The third-order valence-electron chi connectivity index (χ3n) is 3.88. The standard InChI is InChI=1S/C20H27NO/c1-3-4-10-15-22-20-14-9-8-13-19(20)16-21-17(2)18-11-6-5-7-12-18/h5-9,11-14,17,21H,3-4,10,15-16H2,1-2H3. The van der Waals surface area contributed by atoms with Gasteiger partial charge in [-0.1, -0.05) is 68.3 Å². The molecule has 0 aliphatic rings. The Balaban J connectivity index is 1.89. The highest BCUT2D eigenvalue weighted by molar-refractivity contribution is 5.33. The second-order valence-electron chi connectivity index (χ2n) is 5.68. The minimum absolute atomic E-state index is 0.328. The summed E-state index contributed by atoms with van der Waals surface area (Å²) >= 11 is 0. The number of para-hydroxylation sites is 1. The first kappa shape index (κ1) is 16.6. The molecule has 1 unspecified atom stereocenters. The van der Waals surface area contributed by atoms with Gasteiger partial charge in [0.05, 0.1) is 6.61 Å². The Morgan fingerprint density at radius 2 is 1.68 bits per heavy atom. The van der Waals surface area contributed by atoms with Gasteiger partial charge in [0.2, 0.25) is 0 Å². The molecule has 0 bridgehead atoms. The van der Waals surface area contributed by atoms with Gasteiger partial charge >= 0.3 is 0 Å². The predicted molar refractivity (Wildman–Crippen MR) is 93.2 cm³/mol. The maximum atomic E-state index is 5.94. The summed E-state index contributed by atoms with van der Waals surface area (Å²) in [6.45, 7) is 6.03. The van der Waals surface area contributed by atoms with Gasteiger partial charge in [0.15, 0.2) is 0 Å². The van der Waals surface area contributed by atoms with Gasteiger partial charge in [-0.05, 0) is 25.0 Å². The van der Waals surface area contributed by atoms with E-state index in [9.17, 15) is 0 Å². The summed E-state index contributed by atoms with van der Waals surface area (Å²) in [5, 5.41) is 3.58. The number of rotatable bonds is 9. The van der Waals surface area contributed by atoms with Crippen LogP contribution in [0.25, 0.3) is 0 Å². The Morgan fingerprint density at radius 3 is 2.45 bits per heavy atom. The van der Waals surface area contributed by atoms with Crippen molar-refractivity contribution in [2.45, 2.75) is 45.7 Å². The lowest BCUT2D eigenvalue weighted by Gasteiger charge is -2.16. The molecule has 0 radical (unpaired) electrons. The van der Waals surface area contributed by atoms with Crippen LogP contribution in [0.4, 0.5) is 0 Å². The average Bonchev–Trinajstić information content (AvgIpc) is 2.58. The summed E-state index contributed by atoms with van der Waals surface area (Å²) in [7, 11) is 0. The van der Waals surface area contributed by atoms with Gasteiger partial charge in [0.25, 0.3) is 0 Å². The summed E-state index contributed by atoms with van der Waals surface area (Å²) in [6, 6.07) is 19.2. The third kappa shape index (κ3) is 5.19. The monoisotopic (exact) mass is 297 g/mol. The maximum Gasteiger partial charge on any atom is 0.123 e. The maximum absolute atomic E-state index is 5.94. The zero-order chi connectivity index (χ0) is 15.6. The van der Waals surface area contributed by atoms with Gasteiger partial charge in [-0.3, -0.25) is 0 Å². The van der Waals surface area contributed by atoms with E-state index in [1.54, 1.807) is 0 Å². The smallest absolute Gasteiger partial charge is 0.123 e. The van der Waals surface area contributed by atoms with E-state index in [1.807, 2.05) is 6.07 Å². The van der Waals surface area contributed by atoms with Crippen LogP contribution in [0.1, 0.15) is 50.3 Å². The van der Waals surface area contributed by atoms with Gasteiger partial charge in [-0.25, -0.2) is 0 Å². The first-order valence-electron chi connectivity index (χ1n) is 8.30. The highest BCUT2D eigenvalue weighted by Crippen LogP contribution is 2.20. The lowest BCUT2D eigenvalue weighted by atomic mass is 10.1. The van der Waals surface area contributed by atoms with Crippen LogP contribution in [0.15, 0.2) is 54.6 Å². The molecule has 0 amide bonds. The Labute approximate surface area is 134 Å². The summed E-state index contributed by atoms with van der Waals surface area (Å²) < 4.78 is 5.94. The third-order valence-corrected chi connectivity index (χ3v) is 3.88. The molecule has 0 heterocycles. The molecule has 0 spiro atoms. The van der Waals surface area contributed by atoms with Crippen molar-refractivity contribution in [3.63, 3.8) is 0 Å².